The summed E-state index contributed by atoms with van der Waals surface area (Å²) in [5.74, 6) is -1.52. The number of benzene rings is 1. The van der Waals surface area contributed by atoms with Crippen molar-refractivity contribution in [3.05, 3.63) is 24.0 Å². The van der Waals surface area contributed by atoms with Crippen molar-refractivity contribution in [3.8, 4) is 0 Å². The van der Waals surface area contributed by atoms with Gasteiger partial charge in [-0.25, -0.2) is 12.8 Å². The molecule has 112 valence electrons. The number of nitrogen functional groups attached to an aromatic ring is 1. The van der Waals surface area contributed by atoms with Gasteiger partial charge in [0.2, 0.25) is 10.0 Å². The fraction of sp³-hybridized carbons (Fsp3) is 0.417. The first-order valence-corrected chi connectivity index (χ1v) is 7.27. The van der Waals surface area contributed by atoms with Crippen LogP contribution in [0.1, 0.15) is 13.8 Å². The zero-order chi connectivity index (χ0) is 15.5. The number of esters is 1. The van der Waals surface area contributed by atoms with Gasteiger partial charge in [0.25, 0.3) is 0 Å². The predicted molar refractivity (Wildman–Crippen MR) is 71.9 cm³/mol. The highest BCUT2D eigenvalue weighted by atomic mass is 32.2. The van der Waals surface area contributed by atoms with Gasteiger partial charge in [-0.3, -0.25) is 4.79 Å². The molecule has 0 aliphatic heterocycles. The molecule has 0 heterocycles. The van der Waals surface area contributed by atoms with E-state index in [0.29, 0.717) is 0 Å². The Morgan fingerprint density at radius 3 is 2.50 bits per heavy atom. The summed E-state index contributed by atoms with van der Waals surface area (Å²) in [6.07, 6.45) is 0. The van der Waals surface area contributed by atoms with Crippen molar-refractivity contribution in [1.82, 2.24) is 4.31 Å². The highest BCUT2D eigenvalue weighted by molar-refractivity contribution is 7.89. The van der Waals surface area contributed by atoms with Crippen LogP contribution in [0.3, 0.4) is 0 Å². The van der Waals surface area contributed by atoms with E-state index in [-0.39, 0.29) is 10.6 Å². The molecule has 0 unspecified atom stereocenters. The van der Waals surface area contributed by atoms with Crippen molar-refractivity contribution in [3.63, 3.8) is 0 Å². The highest BCUT2D eigenvalue weighted by Gasteiger charge is 2.29. The molecular formula is C12H17FN2O4S. The Hall–Kier alpha value is -1.67. The van der Waals surface area contributed by atoms with Crippen molar-refractivity contribution in [1.29, 1.82) is 0 Å². The number of methoxy groups -OCH3 is 1. The molecule has 0 spiro atoms. The predicted octanol–water partition coefficient (Wildman–Crippen LogP) is 0.980. The molecule has 1 rings (SSSR count). The van der Waals surface area contributed by atoms with Crippen LogP contribution in [0.2, 0.25) is 0 Å². The minimum Gasteiger partial charge on any atom is -0.468 e. The molecular weight excluding hydrogens is 287 g/mol. The van der Waals surface area contributed by atoms with Gasteiger partial charge in [0.05, 0.1) is 17.7 Å². The number of carbonyl (C=O) groups is 1. The van der Waals surface area contributed by atoms with E-state index < -0.39 is 34.4 Å². The van der Waals surface area contributed by atoms with Crippen LogP contribution < -0.4 is 5.73 Å². The maximum Gasteiger partial charge on any atom is 0.321 e. The Balaban J connectivity index is 3.22. The van der Waals surface area contributed by atoms with Crippen LogP contribution in [0, 0.1) is 5.82 Å². The number of hydrogen-bond donors (Lipinski definition) is 1. The third kappa shape index (κ3) is 3.45. The monoisotopic (exact) mass is 304 g/mol. The van der Waals surface area contributed by atoms with Crippen molar-refractivity contribution < 1.29 is 22.3 Å². The smallest absolute Gasteiger partial charge is 0.321 e. The SMILES string of the molecule is COC(=O)CN(C(C)C)S(=O)(=O)c1ccc(N)c(F)c1. The zero-order valence-corrected chi connectivity index (χ0v) is 12.3. The molecule has 2 N–H and O–H groups in total. The van der Waals surface area contributed by atoms with Crippen LogP contribution in [0.5, 0.6) is 0 Å². The van der Waals surface area contributed by atoms with Gasteiger partial charge in [-0.05, 0) is 32.0 Å². The molecule has 0 fully saturated rings. The Bertz CT molecular complexity index is 601. The molecule has 0 atom stereocenters. The van der Waals surface area contributed by atoms with Gasteiger partial charge < -0.3 is 10.5 Å². The topological polar surface area (TPSA) is 89.7 Å². The summed E-state index contributed by atoms with van der Waals surface area (Å²) >= 11 is 0. The van der Waals surface area contributed by atoms with E-state index >= 15 is 0 Å². The van der Waals surface area contributed by atoms with E-state index in [2.05, 4.69) is 4.74 Å². The Labute approximate surface area is 117 Å². The number of carbonyl (C=O) groups excluding carboxylic acids is 1. The third-order valence-electron chi connectivity index (χ3n) is 2.67. The fourth-order valence-corrected chi connectivity index (χ4v) is 3.13. The molecule has 8 heteroatoms. The molecule has 0 aliphatic carbocycles. The summed E-state index contributed by atoms with van der Waals surface area (Å²) in [4.78, 5) is 11.0. The molecule has 6 nitrogen and oxygen atoms in total. The molecule has 0 aliphatic rings. The van der Waals surface area contributed by atoms with Crippen LogP contribution in [-0.2, 0) is 19.6 Å². The fourth-order valence-electron chi connectivity index (χ4n) is 1.54. The van der Waals surface area contributed by atoms with E-state index in [1.807, 2.05) is 0 Å². The van der Waals surface area contributed by atoms with Crippen LogP contribution in [0.4, 0.5) is 10.1 Å². The molecule has 0 saturated carbocycles. The number of sulfonamides is 1. The number of rotatable bonds is 5. The lowest BCUT2D eigenvalue weighted by Crippen LogP contribution is -2.41. The van der Waals surface area contributed by atoms with E-state index in [1.54, 1.807) is 13.8 Å². The lowest BCUT2D eigenvalue weighted by molar-refractivity contribution is -0.141. The van der Waals surface area contributed by atoms with Gasteiger partial charge in [0, 0.05) is 6.04 Å². The molecule has 20 heavy (non-hydrogen) atoms. The quantitative estimate of drug-likeness (QED) is 0.647. The van der Waals surface area contributed by atoms with Gasteiger partial charge in [-0.15, -0.1) is 0 Å². The molecule has 0 bridgehead atoms. The van der Waals surface area contributed by atoms with Crippen molar-refractivity contribution in [2.45, 2.75) is 24.8 Å². The van der Waals surface area contributed by atoms with E-state index in [9.17, 15) is 17.6 Å². The van der Waals surface area contributed by atoms with Crippen molar-refractivity contribution in [2.75, 3.05) is 19.4 Å². The van der Waals surface area contributed by atoms with Gasteiger partial charge in [-0.1, -0.05) is 0 Å². The number of hydrogen-bond acceptors (Lipinski definition) is 5. The van der Waals surface area contributed by atoms with Crippen LogP contribution in [0.15, 0.2) is 23.1 Å². The second kappa shape index (κ2) is 6.19. The second-order valence-electron chi connectivity index (χ2n) is 4.40. The number of ether oxygens (including phenoxy) is 1. The van der Waals surface area contributed by atoms with Crippen molar-refractivity contribution >= 4 is 21.7 Å². The van der Waals surface area contributed by atoms with Gasteiger partial charge in [-0.2, -0.15) is 4.31 Å². The van der Waals surface area contributed by atoms with E-state index in [4.69, 9.17) is 5.73 Å². The molecule has 0 saturated heterocycles. The first-order valence-electron chi connectivity index (χ1n) is 5.83. The Morgan fingerprint density at radius 1 is 1.45 bits per heavy atom. The van der Waals surface area contributed by atoms with Crippen LogP contribution >= 0.6 is 0 Å². The van der Waals surface area contributed by atoms with E-state index in [0.717, 1.165) is 17.5 Å². The molecule has 0 aromatic heterocycles. The average Bonchev–Trinajstić information content (AvgIpc) is 2.37. The lowest BCUT2D eigenvalue weighted by Gasteiger charge is -2.24. The third-order valence-corrected chi connectivity index (χ3v) is 4.68. The molecule has 1 aromatic rings. The largest absolute Gasteiger partial charge is 0.468 e. The summed E-state index contributed by atoms with van der Waals surface area (Å²) in [5, 5.41) is 0. The minimum atomic E-state index is -4.01. The van der Waals surface area contributed by atoms with Crippen molar-refractivity contribution in [2.24, 2.45) is 0 Å². The summed E-state index contributed by atoms with van der Waals surface area (Å²) in [6, 6.07) is 2.70. The zero-order valence-electron chi connectivity index (χ0n) is 11.5. The maximum absolute atomic E-state index is 13.4. The standard InChI is InChI=1S/C12H17FN2O4S/c1-8(2)15(7-12(16)19-3)20(17,18)9-4-5-11(14)10(13)6-9/h4-6,8H,7,14H2,1-3H3. The summed E-state index contributed by atoms with van der Waals surface area (Å²) in [7, 11) is -2.84. The van der Waals surface area contributed by atoms with Gasteiger partial charge >= 0.3 is 5.97 Å². The second-order valence-corrected chi connectivity index (χ2v) is 6.29. The van der Waals surface area contributed by atoms with Crippen LogP contribution in [-0.4, -0.2) is 38.4 Å². The van der Waals surface area contributed by atoms with Gasteiger partial charge in [0.15, 0.2) is 0 Å². The minimum absolute atomic E-state index is 0.145. The van der Waals surface area contributed by atoms with E-state index in [1.165, 1.54) is 12.1 Å². The number of nitrogens with zero attached hydrogens (tertiary/aromatic N) is 1. The first-order chi connectivity index (χ1) is 9.20. The number of anilines is 1. The van der Waals surface area contributed by atoms with Crippen LogP contribution in [0.25, 0.3) is 0 Å². The number of nitrogens with two attached hydrogens (primary N) is 1. The Kier molecular flexibility index (Phi) is 5.07. The summed E-state index contributed by atoms with van der Waals surface area (Å²) < 4.78 is 43.6. The number of halogens is 1. The first kappa shape index (κ1) is 16.4. The summed E-state index contributed by atoms with van der Waals surface area (Å²) in [6.45, 7) is 2.77. The Morgan fingerprint density at radius 2 is 2.05 bits per heavy atom. The maximum atomic E-state index is 13.4. The highest BCUT2D eigenvalue weighted by Crippen LogP contribution is 2.21. The molecule has 1 aromatic carbocycles. The van der Waals surface area contributed by atoms with Gasteiger partial charge in [0.1, 0.15) is 12.4 Å². The average molecular weight is 304 g/mol. The normalized spacial score (nSPS) is 11.9. The lowest BCUT2D eigenvalue weighted by atomic mass is 10.3. The summed E-state index contributed by atoms with van der Waals surface area (Å²) in [5.41, 5.74) is 5.17. The molecule has 0 radical (unpaired) electrons. The molecule has 0 amide bonds.